The van der Waals surface area contributed by atoms with Crippen LogP contribution in [0.5, 0.6) is 11.5 Å². The van der Waals surface area contributed by atoms with Crippen molar-refractivity contribution in [3.63, 3.8) is 0 Å². The minimum Gasteiger partial charge on any atom is -0.508 e. The van der Waals surface area contributed by atoms with Crippen LogP contribution < -0.4 is 4.52 Å². The standard InChI is InChI=1S/C21H23O4P/c1-4-8-17(2)13-14-23-26(25-20-11-7-9-18(3)15-20)24-16-19-10-5-6-12-21(19)22/h4-15,22H,1,16H2,2-3H3/b14-13+,17-8-. The number of hydrogen-bond donors (Lipinski definition) is 1. The number of hydrogen-bond acceptors (Lipinski definition) is 4. The molecule has 136 valence electrons. The van der Waals surface area contributed by atoms with Crippen LogP contribution in [0, 0.1) is 6.92 Å². The lowest BCUT2D eigenvalue weighted by atomic mass is 10.2. The van der Waals surface area contributed by atoms with Crippen LogP contribution in [0.15, 0.2) is 85.2 Å². The van der Waals surface area contributed by atoms with Crippen molar-refractivity contribution in [3.8, 4) is 11.5 Å². The van der Waals surface area contributed by atoms with Crippen LogP contribution in [-0.4, -0.2) is 5.11 Å². The molecule has 0 saturated heterocycles. The monoisotopic (exact) mass is 370 g/mol. The molecule has 0 bridgehead atoms. The summed E-state index contributed by atoms with van der Waals surface area (Å²) >= 11 is 0. The highest BCUT2D eigenvalue weighted by molar-refractivity contribution is 7.42. The van der Waals surface area contributed by atoms with E-state index in [0.717, 1.165) is 11.1 Å². The third-order valence-electron chi connectivity index (χ3n) is 3.35. The lowest BCUT2D eigenvalue weighted by Crippen LogP contribution is -1.96. The van der Waals surface area contributed by atoms with E-state index in [-0.39, 0.29) is 12.4 Å². The first-order valence-electron chi connectivity index (χ1n) is 8.15. The number of phenolic OH excluding ortho intramolecular Hbond substituents is 1. The third kappa shape index (κ3) is 6.75. The third-order valence-corrected chi connectivity index (χ3v) is 4.34. The molecule has 0 amide bonds. The molecule has 2 aromatic carbocycles. The van der Waals surface area contributed by atoms with Crippen LogP contribution in [0.1, 0.15) is 18.1 Å². The SMILES string of the molecule is C=C/C=C(C)\C=C\OP(OCc1ccccc1O)Oc1cccc(C)c1. The number of benzene rings is 2. The summed E-state index contributed by atoms with van der Waals surface area (Å²) in [6.07, 6.45) is 6.93. The molecule has 0 aliphatic carbocycles. The maximum Gasteiger partial charge on any atom is 0.462 e. The minimum absolute atomic E-state index is 0.179. The molecule has 2 rings (SSSR count). The van der Waals surface area contributed by atoms with Crippen molar-refractivity contribution in [1.82, 2.24) is 0 Å². The highest BCUT2D eigenvalue weighted by Crippen LogP contribution is 2.42. The Balaban J connectivity index is 2.06. The molecular weight excluding hydrogens is 347 g/mol. The summed E-state index contributed by atoms with van der Waals surface area (Å²) in [7, 11) is -1.68. The van der Waals surface area contributed by atoms with Crippen LogP contribution in [0.4, 0.5) is 0 Å². The number of phenols is 1. The van der Waals surface area contributed by atoms with Crippen molar-refractivity contribution in [2.45, 2.75) is 20.5 Å². The maximum absolute atomic E-state index is 9.87. The Bertz CT molecular complexity index is 783. The van der Waals surface area contributed by atoms with E-state index in [1.807, 2.05) is 50.3 Å². The molecule has 5 heteroatoms. The predicted octanol–water partition coefficient (Wildman–Crippen LogP) is 6.19. The van der Waals surface area contributed by atoms with Gasteiger partial charge in [0.2, 0.25) is 0 Å². The van der Waals surface area contributed by atoms with E-state index >= 15 is 0 Å². The van der Waals surface area contributed by atoms with Crippen LogP contribution in [-0.2, 0) is 15.7 Å². The fourth-order valence-electron chi connectivity index (χ4n) is 2.02. The normalized spacial score (nSPS) is 12.8. The average molecular weight is 370 g/mol. The van der Waals surface area contributed by atoms with Crippen molar-refractivity contribution in [2.24, 2.45) is 0 Å². The number of para-hydroxylation sites is 1. The van der Waals surface area contributed by atoms with Crippen molar-refractivity contribution in [3.05, 3.63) is 96.3 Å². The number of aryl methyl sites for hydroxylation is 1. The summed E-state index contributed by atoms with van der Waals surface area (Å²) in [5.41, 5.74) is 2.74. The van der Waals surface area contributed by atoms with Gasteiger partial charge in [-0.15, -0.1) is 0 Å². The highest BCUT2D eigenvalue weighted by Gasteiger charge is 2.16. The highest BCUT2D eigenvalue weighted by atomic mass is 31.2. The van der Waals surface area contributed by atoms with Gasteiger partial charge in [0, 0.05) is 5.56 Å². The fraction of sp³-hybridized carbons (Fsp3) is 0.143. The summed E-state index contributed by atoms with van der Waals surface area (Å²) in [4.78, 5) is 0. The summed E-state index contributed by atoms with van der Waals surface area (Å²) in [6, 6.07) is 14.7. The van der Waals surface area contributed by atoms with Gasteiger partial charge in [0.15, 0.2) is 0 Å². The first-order chi connectivity index (χ1) is 12.6. The molecular formula is C21H23O4P. The van der Waals surface area contributed by atoms with Crippen LogP contribution in [0.3, 0.4) is 0 Å². The predicted molar refractivity (Wildman–Crippen MR) is 106 cm³/mol. The molecule has 0 saturated carbocycles. The second-order valence-corrected chi connectivity index (χ2v) is 6.69. The molecule has 0 aliphatic heterocycles. The quantitative estimate of drug-likeness (QED) is 0.325. The van der Waals surface area contributed by atoms with Crippen LogP contribution in [0.25, 0.3) is 0 Å². The molecule has 4 nitrogen and oxygen atoms in total. The largest absolute Gasteiger partial charge is 0.508 e. The van der Waals surface area contributed by atoms with Gasteiger partial charge < -0.3 is 14.2 Å². The average Bonchev–Trinajstić information content (AvgIpc) is 2.61. The Morgan fingerprint density at radius 3 is 2.73 bits per heavy atom. The van der Waals surface area contributed by atoms with Gasteiger partial charge in [0.25, 0.3) is 0 Å². The van der Waals surface area contributed by atoms with Crippen molar-refractivity contribution in [1.29, 1.82) is 0 Å². The molecule has 26 heavy (non-hydrogen) atoms. The maximum atomic E-state index is 9.87. The van der Waals surface area contributed by atoms with Crippen molar-refractivity contribution >= 4 is 8.60 Å². The van der Waals surface area contributed by atoms with Crippen LogP contribution in [0.2, 0.25) is 0 Å². The first kappa shape index (κ1) is 19.8. The number of allylic oxidation sites excluding steroid dienone is 4. The first-order valence-corrected chi connectivity index (χ1v) is 9.25. The molecule has 2 aromatic rings. The fourth-order valence-corrected chi connectivity index (χ4v) is 2.87. The zero-order valence-corrected chi connectivity index (χ0v) is 15.9. The summed E-state index contributed by atoms with van der Waals surface area (Å²) in [6.45, 7) is 7.77. The molecule has 0 aliphatic rings. The topological polar surface area (TPSA) is 47.9 Å². The van der Waals surface area contributed by atoms with E-state index in [0.29, 0.717) is 11.3 Å². The second-order valence-electron chi connectivity index (χ2n) is 5.59. The molecule has 0 heterocycles. The van der Waals surface area contributed by atoms with E-state index in [2.05, 4.69) is 6.58 Å². The lowest BCUT2D eigenvalue weighted by molar-refractivity contribution is 0.238. The smallest absolute Gasteiger partial charge is 0.462 e. The van der Waals surface area contributed by atoms with Gasteiger partial charge in [0.05, 0.1) is 12.9 Å². The molecule has 1 N–H and O–H groups in total. The summed E-state index contributed by atoms with van der Waals surface area (Å²) in [5, 5.41) is 9.87. The Kier molecular flexibility index (Phi) is 7.94. The van der Waals surface area contributed by atoms with E-state index in [9.17, 15) is 5.11 Å². The van der Waals surface area contributed by atoms with Gasteiger partial charge in [-0.05, 0) is 49.3 Å². The zero-order chi connectivity index (χ0) is 18.8. The lowest BCUT2D eigenvalue weighted by Gasteiger charge is -2.16. The van der Waals surface area contributed by atoms with E-state index < -0.39 is 8.60 Å². The van der Waals surface area contributed by atoms with Crippen LogP contribution >= 0.6 is 8.60 Å². The van der Waals surface area contributed by atoms with E-state index in [1.54, 1.807) is 36.6 Å². The number of rotatable bonds is 9. The molecule has 1 unspecified atom stereocenters. The summed E-state index contributed by atoms with van der Waals surface area (Å²) < 4.78 is 17.3. The minimum atomic E-state index is -1.68. The second kappa shape index (κ2) is 10.4. The van der Waals surface area contributed by atoms with Gasteiger partial charge >= 0.3 is 8.60 Å². The molecule has 0 radical (unpaired) electrons. The van der Waals surface area contributed by atoms with Gasteiger partial charge in [-0.1, -0.05) is 49.1 Å². The van der Waals surface area contributed by atoms with E-state index in [4.69, 9.17) is 13.6 Å². The van der Waals surface area contributed by atoms with Gasteiger partial charge in [-0.25, -0.2) is 0 Å². The van der Waals surface area contributed by atoms with Gasteiger partial charge in [-0.3, -0.25) is 4.52 Å². The van der Waals surface area contributed by atoms with Gasteiger partial charge in [0.1, 0.15) is 11.5 Å². The Morgan fingerprint density at radius 1 is 1.19 bits per heavy atom. The Hall–Kier alpha value is -2.55. The van der Waals surface area contributed by atoms with E-state index in [1.165, 1.54) is 0 Å². The van der Waals surface area contributed by atoms with Crippen molar-refractivity contribution in [2.75, 3.05) is 0 Å². The Labute approximate surface area is 156 Å². The molecule has 0 spiro atoms. The molecule has 0 fully saturated rings. The molecule has 1 atom stereocenters. The molecule has 0 aromatic heterocycles. The number of aromatic hydroxyl groups is 1. The summed E-state index contributed by atoms with van der Waals surface area (Å²) in [5.74, 6) is 0.846. The Morgan fingerprint density at radius 2 is 2.00 bits per heavy atom. The van der Waals surface area contributed by atoms with Crippen molar-refractivity contribution < 1.29 is 18.7 Å². The zero-order valence-electron chi connectivity index (χ0n) is 15.0. The van der Waals surface area contributed by atoms with Gasteiger partial charge in [-0.2, -0.15) is 0 Å².